The second-order valence-electron chi connectivity index (χ2n) is 6.53. The maximum atomic E-state index is 12.5. The first kappa shape index (κ1) is 19.0. The van der Waals surface area contributed by atoms with Gasteiger partial charge in [-0.05, 0) is 29.3 Å². The van der Waals surface area contributed by atoms with Crippen LogP contribution in [0.1, 0.15) is 11.1 Å². The zero-order valence-electron chi connectivity index (χ0n) is 15.9. The normalized spacial score (nSPS) is 15.1. The fourth-order valence-corrected chi connectivity index (χ4v) is 3.20. The van der Waals surface area contributed by atoms with Gasteiger partial charge >= 0.3 is 0 Å². The quantitative estimate of drug-likeness (QED) is 0.737. The van der Waals surface area contributed by atoms with Crippen LogP contribution in [0.5, 0.6) is 11.5 Å². The average molecular weight is 366 g/mol. The lowest BCUT2D eigenvalue weighted by Gasteiger charge is -2.34. The van der Waals surface area contributed by atoms with Crippen molar-refractivity contribution in [2.45, 2.75) is 6.54 Å². The van der Waals surface area contributed by atoms with E-state index in [1.165, 1.54) is 5.56 Å². The number of carbonyl (C=O) groups is 1. The van der Waals surface area contributed by atoms with E-state index >= 15 is 0 Å². The SMILES string of the molecule is COc1ccc(C=CC(=O)N2CCN(Cc3ccccc3)CC2)cc1OC. The van der Waals surface area contributed by atoms with Crippen molar-refractivity contribution in [3.8, 4) is 11.5 Å². The van der Waals surface area contributed by atoms with E-state index in [0.717, 1.165) is 38.3 Å². The van der Waals surface area contributed by atoms with E-state index in [4.69, 9.17) is 9.47 Å². The maximum Gasteiger partial charge on any atom is 0.246 e. The monoisotopic (exact) mass is 366 g/mol. The molecule has 5 heteroatoms. The van der Waals surface area contributed by atoms with Gasteiger partial charge in [-0.1, -0.05) is 36.4 Å². The Labute approximate surface area is 160 Å². The molecule has 1 aliphatic rings. The zero-order valence-corrected chi connectivity index (χ0v) is 15.9. The maximum absolute atomic E-state index is 12.5. The Morgan fingerprint density at radius 2 is 1.67 bits per heavy atom. The number of carbonyl (C=O) groups excluding carboxylic acids is 1. The van der Waals surface area contributed by atoms with Crippen molar-refractivity contribution in [3.05, 3.63) is 65.7 Å². The Balaban J connectivity index is 1.53. The molecule has 0 saturated carbocycles. The minimum Gasteiger partial charge on any atom is -0.493 e. The Bertz CT molecular complexity index is 781. The predicted molar refractivity (Wildman–Crippen MR) is 107 cm³/mol. The van der Waals surface area contributed by atoms with Crippen molar-refractivity contribution in [1.29, 1.82) is 0 Å². The molecule has 0 aliphatic carbocycles. The number of amides is 1. The molecule has 0 N–H and O–H groups in total. The zero-order chi connectivity index (χ0) is 19.1. The van der Waals surface area contributed by atoms with E-state index in [0.29, 0.717) is 11.5 Å². The van der Waals surface area contributed by atoms with Crippen molar-refractivity contribution in [1.82, 2.24) is 9.80 Å². The summed E-state index contributed by atoms with van der Waals surface area (Å²) in [7, 11) is 3.21. The topological polar surface area (TPSA) is 42.0 Å². The van der Waals surface area contributed by atoms with Gasteiger partial charge in [-0.25, -0.2) is 0 Å². The minimum atomic E-state index is 0.0455. The van der Waals surface area contributed by atoms with Crippen LogP contribution in [0.2, 0.25) is 0 Å². The number of hydrogen-bond acceptors (Lipinski definition) is 4. The number of methoxy groups -OCH3 is 2. The molecule has 1 fully saturated rings. The third-order valence-corrected chi connectivity index (χ3v) is 4.76. The van der Waals surface area contributed by atoms with Crippen LogP contribution in [-0.2, 0) is 11.3 Å². The lowest BCUT2D eigenvalue weighted by molar-refractivity contribution is -0.127. The number of rotatable bonds is 6. The Morgan fingerprint density at radius 1 is 0.963 bits per heavy atom. The van der Waals surface area contributed by atoms with Crippen molar-refractivity contribution < 1.29 is 14.3 Å². The third kappa shape index (κ3) is 5.11. The van der Waals surface area contributed by atoms with E-state index in [2.05, 4.69) is 29.2 Å². The molecular formula is C22H26N2O3. The van der Waals surface area contributed by atoms with Crippen LogP contribution in [0.15, 0.2) is 54.6 Å². The molecule has 3 rings (SSSR count). The van der Waals surface area contributed by atoms with Gasteiger partial charge in [0, 0.05) is 38.8 Å². The van der Waals surface area contributed by atoms with Crippen LogP contribution in [0, 0.1) is 0 Å². The molecule has 5 nitrogen and oxygen atoms in total. The number of benzene rings is 2. The third-order valence-electron chi connectivity index (χ3n) is 4.76. The summed E-state index contributed by atoms with van der Waals surface area (Å²) in [5.41, 5.74) is 2.22. The van der Waals surface area contributed by atoms with Crippen LogP contribution in [-0.4, -0.2) is 56.1 Å². The molecule has 0 spiro atoms. The van der Waals surface area contributed by atoms with Crippen LogP contribution in [0.3, 0.4) is 0 Å². The molecule has 0 atom stereocenters. The van der Waals surface area contributed by atoms with E-state index in [1.807, 2.05) is 35.2 Å². The molecule has 1 heterocycles. The summed E-state index contributed by atoms with van der Waals surface area (Å²) in [6, 6.07) is 16.1. The van der Waals surface area contributed by atoms with Crippen molar-refractivity contribution in [3.63, 3.8) is 0 Å². The first-order chi connectivity index (χ1) is 13.2. The molecule has 2 aromatic carbocycles. The van der Waals surface area contributed by atoms with Gasteiger partial charge in [0.1, 0.15) is 0 Å². The number of ether oxygens (including phenoxy) is 2. The summed E-state index contributed by atoms with van der Waals surface area (Å²) < 4.78 is 10.5. The highest BCUT2D eigenvalue weighted by molar-refractivity contribution is 5.92. The van der Waals surface area contributed by atoms with Crippen molar-refractivity contribution in [2.24, 2.45) is 0 Å². The van der Waals surface area contributed by atoms with Gasteiger partial charge in [-0.3, -0.25) is 9.69 Å². The van der Waals surface area contributed by atoms with E-state index in [1.54, 1.807) is 20.3 Å². The highest BCUT2D eigenvalue weighted by atomic mass is 16.5. The summed E-state index contributed by atoms with van der Waals surface area (Å²) in [4.78, 5) is 16.8. The number of hydrogen-bond donors (Lipinski definition) is 0. The van der Waals surface area contributed by atoms with Crippen LogP contribution < -0.4 is 9.47 Å². The first-order valence-electron chi connectivity index (χ1n) is 9.15. The molecule has 142 valence electrons. The van der Waals surface area contributed by atoms with Gasteiger partial charge in [0.05, 0.1) is 14.2 Å². The highest BCUT2D eigenvalue weighted by Crippen LogP contribution is 2.28. The molecule has 1 saturated heterocycles. The molecule has 1 aliphatic heterocycles. The summed E-state index contributed by atoms with van der Waals surface area (Å²) in [5.74, 6) is 1.38. The second-order valence-corrected chi connectivity index (χ2v) is 6.53. The Kier molecular flexibility index (Phi) is 6.49. The smallest absolute Gasteiger partial charge is 0.246 e. The summed E-state index contributed by atoms with van der Waals surface area (Å²) in [6.07, 6.45) is 3.45. The summed E-state index contributed by atoms with van der Waals surface area (Å²) >= 11 is 0. The van der Waals surface area contributed by atoms with Gasteiger partial charge in [-0.2, -0.15) is 0 Å². The van der Waals surface area contributed by atoms with Gasteiger partial charge in [0.25, 0.3) is 0 Å². The Morgan fingerprint density at radius 3 is 2.33 bits per heavy atom. The highest BCUT2D eigenvalue weighted by Gasteiger charge is 2.19. The average Bonchev–Trinajstić information content (AvgIpc) is 2.73. The standard InChI is InChI=1S/C22H26N2O3/c1-26-20-10-8-18(16-21(20)27-2)9-11-22(25)24-14-12-23(13-15-24)17-19-6-4-3-5-7-19/h3-11,16H,12-15,17H2,1-2H3. The molecule has 1 amide bonds. The van der Waals surface area contributed by atoms with E-state index < -0.39 is 0 Å². The largest absolute Gasteiger partial charge is 0.493 e. The van der Waals surface area contributed by atoms with Gasteiger partial charge in [0.15, 0.2) is 11.5 Å². The molecule has 0 aromatic heterocycles. The fraction of sp³-hybridized carbons (Fsp3) is 0.318. The van der Waals surface area contributed by atoms with Crippen LogP contribution in [0.25, 0.3) is 6.08 Å². The molecule has 0 radical (unpaired) electrons. The minimum absolute atomic E-state index is 0.0455. The van der Waals surface area contributed by atoms with E-state index in [9.17, 15) is 4.79 Å². The lowest BCUT2D eigenvalue weighted by Crippen LogP contribution is -2.47. The van der Waals surface area contributed by atoms with Crippen molar-refractivity contribution >= 4 is 12.0 Å². The van der Waals surface area contributed by atoms with E-state index in [-0.39, 0.29) is 5.91 Å². The lowest BCUT2D eigenvalue weighted by atomic mass is 10.1. The molecule has 0 bridgehead atoms. The van der Waals surface area contributed by atoms with Crippen molar-refractivity contribution in [2.75, 3.05) is 40.4 Å². The second kappa shape index (κ2) is 9.24. The van der Waals surface area contributed by atoms with Crippen LogP contribution >= 0.6 is 0 Å². The molecule has 0 unspecified atom stereocenters. The first-order valence-corrected chi connectivity index (χ1v) is 9.15. The molecular weight excluding hydrogens is 340 g/mol. The fourth-order valence-electron chi connectivity index (χ4n) is 3.20. The summed E-state index contributed by atoms with van der Waals surface area (Å²) in [6.45, 7) is 4.23. The van der Waals surface area contributed by atoms with Gasteiger partial charge in [0.2, 0.25) is 5.91 Å². The number of nitrogens with zero attached hydrogens (tertiary/aromatic N) is 2. The summed E-state index contributed by atoms with van der Waals surface area (Å²) in [5, 5.41) is 0. The predicted octanol–water partition coefficient (Wildman–Crippen LogP) is 3.06. The molecule has 2 aromatic rings. The van der Waals surface area contributed by atoms with Gasteiger partial charge in [-0.15, -0.1) is 0 Å². The number of piperazine rings is 1. The Hall–Kier alpha value is -2.79. The van der Waals surface area contributed by atoms with Crippen LogP contribution in [0.4, 0.5) is 0 Å². The van der Waals surface area contributed by atoms with Gasteiger partial charge < -0.3 is 14.4 Å². The molecule has 27 heavy (non-hydrogen) atoms.